The molecule has 0 aliphatic rings. The number of carboxylic acid groups (broad SMARTS) is 1. The summed E-state index contributed by atoms with van der Waals surface area (Å²) in [5.74, 6) is -1.30. The van der Waals surface area contributed by atoms with E-state index in [1.54, 1.807) is 0 Å². The van der Waals surface area contributed by atoms with Gasteiger partial charge in [0.25, 0.3) is 5.69 Å². The summed E-state index contributed by atoms with van der Waals surface area (Å²) in [6.45, 7) is 1.51. The highest BCUT2D eigenvalue weighted by molar-refractivity contribution is 9.10. The molecule has 0 heterocycles. The van der Waals surface area contributed by atoms with E-state index in [2.05, 4.69) is 15.9 Å². The van der Waals surface area contributed by atoms with Crippen LogP contribution in [-0.2, 0) is 0 Å². The van der Waals surface area contributed by atoms with Gasteiger partial charge in [0.2, 0.25) is 0 Å². The molecule has 0 bridgehead atoms. The molecule has 0 spiro atoms. The SMILES string of the molecule is Cc1c(Br)ccc([N+](=O)[O-])c1C(=O)O. The largest absolute Gasteiger partial charge is 0.477 e. The quantitative estimate of drug-likeness (QED) is 0.653. The fraction of sp³-hybridized carbons (Fsp3) is 0.125. The molecule has 0 saturated carbocycles. The molecule has 1 N–H and O–H groups in total. The number of hydrogen-bond acceptors (Lipinski definition) is 3. The van der Waals surface area contributed by atoms with E-state index in [0.29, 0.717) is 10.0 Å². The fourth-order valence-electron chi connectivity index (χ4n) is 1.09. The third-order valence-electron chi connectivity index (χ3n) is 1.79. The molecule has 0 amide bonds. The number of carbonyl (C=O) groups is 1. The number of carboxylic acids is 1. The molecule has 14 heavy (non-hydrogen) atoms. The van der Waals surface area contributed by atoms with Gasteiger partial charge in [0.1, 0.15) is 5.56 Å². The van der Waals surface area contributed by atoms with Crippen LogP contribution in [0.5, 0.6) is 0 Å². The molecule has 0 radical (unpaired) electrons. The summed E-state index contributed by atoms with van der Waals surface area (Å²) in [5.41, 5.74) is -0.311. The van der Waals surface area contributed by atoms with Crippen molar-refractivity contribution >= 4 is 27.6 Å². The second-order valence-electron chi connectivity index (χ2n) is 2.63. The van der Waals surface area contributed by atoms with Crippen molar-refractivity contribution in [2.45, 2.75) is 6.92 Å². The molecule has 0 unspecified atom stereocenters. The van der Waals surface area contributed by atoms with Crippen molar-refractivity contribution < 1.29 is 14.8 Å². The minimum absolute atomic E-state index is 0.274. The maximum Gasteiger partial charge on any atom is 0.343 e. The zero-order valence-electron chi connectivity index (χ0n) is 7.15. The Kier molecular flexibility index (Phi) is 2.85. The van der Waals surface area contributed by atoms with Gasteiger partial charge in [-0.15, -0.1) is 0 Å². The van der Waals surface area contributed by atoms with Gasteiger partial charge in [-0.2, -0.15) is 0 Å². The van der Waals surface area contributed by atoms with Crippen LogP contribution in [0, 0.1) is 17.0 Å². The van der Waals surface area contributed by atoms with Crippen molar-refractivity contribution in [1.82, 2.24) is 0 Å². The predicted octanol–water partition coefficient (Wildman–Crippen LogP) is 2.36. The Morgan fingerprint density at radius 3 is 2.57 bits per heavy atom. The minimum atomic E-state index is -1.30. The minimum Gasteiger partial charge on any atom is -0.477 e. The normalized spacial score (nSPS) is 9.86. The molecular weight excluding hydrogens is 254 g/mol. The van der Waals surface area contributed by atoms with Crippen molar-refractivity contribution in [2.24, 2.45) is 0 Å². The highest BCUT2D eigenvalue weighted by Gasteiger charge is 2.23. The maximum atomic E-state index is 10.8. The van der Waals surface area contributed by atoms with Gasteiger partial charge in [0, 0.05) is 10.5 Å². The lowest BCUT2D eigenvalue weighted by Crippen LogP contribution is -2.05. The molecule has 1 aromatic rings. The highest BCUT2D eigenvalue weighted by atomic mass is 79.9. The number of rotatable bonds is 2. The number of nitro groups is 1. The highest BCUT2D eigenvalue weighted by Crippen LogP contribution is 2.27. The van der Waals surface area contributed by atoms with Crippen LogP contribution in [0.4, 0.5) is 5.69 Å². The lowest BCUT2D eigenvalue weighted by Gasteiger charge is -2.03. The van der Waals surface area contributed by atoms with Crippen molar-refractivity contribution in [3.63, 3.8) is 0 Å². The monoisotopic (exact) mass is 259 g/mol. The molecule has 0 aliphatic carbocycles. The van der Waals surface area contributed by atoms with Gasteiger partial charge in [-0.3, -0.25) is 10.1 Å². The van der Waals surface area contributed by atoms with Crippen molar-refractivity contribution in [2.75, 3.05) is 0 Å². The number of nitrogens with zero attached hydrogens (tertiary/aromatic N) is 1. The zero-order valence-corrected chi connectivity index (χ0v) is 8.74. The second-order valence-corrected chi connectivity index (χ2v) is 3.48. The average Bonchev–Trinajstić information content (AvgIpc) is 2.08. The summed E-state index contributed by atoms with van der Waals surface area (Å²) < 4.78 is 0.542. The van der Waals surface area contributed by atoms with Gasteiger partial charge in [0.05, 0.1) is 4.92 Å². The average molecular weight is 260 g/mol. The third kappa shape index (κ3) is 1.74. The first-order valence-corrected chi connectivity index (χ1v) is 4.41. The van der Waals surface area contributed by atoms with E-state index in [1.165, 1.54) is 19.1 Å². The Balaban J connectivity index is 3.53. The number of aromatic carboxylic acids is 1. The molecule has 1 aromatic carbocycles. The van der Waals surface area contributed by atoms with E-state index in [4.69, 9.17) is 5.11 Å². The molecule has 0 atom stereocenters. The van der Waals surface area contributed by atoms with Gasteiger partial charge in [-0.1, -0.05) is 15.9 Å². The maximum absolute atomic E-state index is 10.8. The van der Waals surface area contributed by atoms with Crippen LogP contribution in [0.1, 0.15) is 15.9 Å². The molecule has 0 aromatic heterocycles. The van der Waals surface area contributed by atoms with Crippen LogP contribution in [0.3, 0.4) is 0 Å². The molecule has 0 aliphatic heterocycles. The lowest BCUT2D eigenvalue weighted by molar-refractivity contribution is -0.385. The summed E-state index contributed by atoms with van der Waals surface area (Å²) in [5, 5.41) is 19.3. The molecule has 74 valence electrons. The van der Waals surface area contributed by atoms with Crippen molar-refractivity contribution in [1.29, 1.82) is 0 Å². The Labute approximate surface area is 87.6 Å². The Hall–Kier alpha value is -1.43. The molecule has 5 nitrogen and oxygen atoms in total. The summed E-state index contributed by atoms with van der Waals surface area (Å²) in [6.07, 6.45) is 0. The summed E-state index contributed by atoms with van der Waals surface area (Å²) in [7, 11) is 0. The Morgan fingerprint density at radius 2 is 2.14 bits per heavy atom. The topological polar surface area (TPSA) is 80.4 Å². The van der Waals surface area contributed by atoms with Gasteiger partial charge >= 0.3 is 5.97 Å². The van der Waals surface area contributed by atoms with Gasteiger partial charge in [-0.05, 0) is 18.6 Å². The summed E-state index contributed by atoms with van der Waals surface area (Å²) >= 11 is 3.11. The van der Waals surface area contributed by atoms with Crippen LogP contribution in [0.2, 0.25) is 0 Å². The van der Waals surface area contributed by atoms with Gasteiger partial charge < -0.3 is 5.11 Å². The van der Waals surface area contributed by atoms with Crippen LogP contribution >= 0.6 is 15.9 Å². The predicted molar refractivity (Wildman–Crippen MR) is 52.5 cm³/mol. The summed E-state index contributed by atoms with van der Waals surface area (Å²) in [4.78, 5) is 20.6. The first kappa shape index (κ1) is 10.6. The number of benzene rings is 1. The standard InChI is InChI=1S/C8H6BrNO4/c1-4-5(9)2-3-6(10(13)14)7(4)8(11)12/h2-3H,1H3,(H,11,12). The van der Waals surface area contributed by atoms with E-state index in [9.17, 15) is 14.9 Å². The molecule has 1 rings (SSSR count). The van der Waals surface area contributed by atoms with Crippen LogP contribution in [0.25, 0.3) is 0 Å². The van der Waals surface area contributed by atoms with Crippen molar-refractivity contribution in [3.05, 3.63) is 37.8 Å². The number of halogens is 1. The van der Waals surface area contributed by atoms with Crippen molar-refractivity contribution in [3.8, 4) is 0 Å². The first-order valence-electron chi connectivity index (χ1n) is 3.62. The first-order chi connectivity index (χ1) is 6.45. The van der Waals surface area contributed by atoms with Crippen LogP contribution in [-0.4, -0.2) is 16.0 Å². The van der Waals surface area contributed by atoms with E-state index in [1.807, 2.05) is 0 Å². The third-order valence-corrected chi connectivity index (χ3v) is 2.65. The zero-order chi connectivity index (χ0) is 10.9. The lowest BCUT2D eigenvalue weighted by atomic mass is 10.1. The fourth-order valence-corrected chi connectivity index (χ4v) is 1.42. The second kappa shape index (κ2) is 3.75. The molecular formula is C8H6BrNO4. The Morgan fingerprint density at radius 1 is 1.57 bits per heavy atom. The van der Waals surface area contributed by atoms with Crippen LogP contribution in [0.15, 0.2) is 16.6 Å². The Bertz CT molecular complexity index is 416. The molecule has 6 heteroatoms. The number of nitro benzene ring substituents is 1. The van der Waals surface area contributed by atoms with Gasteiger partial charge in [0.15, 0.2) is 0 Å². The summed E-state index contributed by atoms with van der Waals surface area (Å²) in [6, 6.07) is 2.63. The van der Waals surface area contributed by atoms with Gasteiger partial charge in [-0.25, -0.2) is 4.79 Å². The smallest absolute Gasteiger partial charge is 0.343 e. The molecule has 0 saturated heterocycles. The number of hydrogen-bond donors (Lipinski definition) is 1. The van der Waals surface area contributed by atoms with E-state index in [-0.39, 0.29) is 5.56 Å². The van der Waals surface area contributed by atoms with E-state index >= 15 is 0 Å². The van der Waals surface area contributed by atoms with E-state index in [0.717, 1.165) is 0 Å². The molecule has 0 fully saturated rings. The van der Waals surface area contributed by atoms with Crippen LogP contribution < -0.4 is 0 Å². The van der Waals surface area contributed by atoms with E-state index < -0.39 is 16.6 Å².